The highest BCUT2D eigenvalue weighted by Crippen LogP contribution is 2.27. The second-order valence-corrected chi connectivity index (χ2v) is 5.25. The lowest BCUT2D eigenvalue weighted by Gasteiger charge is -2.08. The summed E-state index contributed by atoms with van der Waals surface area (Å²) in [6.45, 7) is 3.82. The number of rotatable bonds is 7. The number of carbonyl (C=O) groups excluding carboxylic acids is 1. The fourth-order valence-corrected chi connectivity index (χ4v) is 2.05. The van der Waals surface area contributed by atoms with Crippen molar-refractivity contribution in [2.45, 2.75) is 26.2 Å². The molecule has 1 amide bonds. The van der Waals surface area contributed by atoms with Crippen molar-refractivity contribution in [3.8, 4) is 0 Å². The van der Waals surface area contributed by atoms with Gasteiger partial charge in [-0.3, -0.25) is 4.79 Å². The minimum absolute atomic E-state index is 0. The lowest BCUT2D eigenvalue weighted by molar-refractivity contribution is -0.120. The molecule has 0 aromatic heterocycles. The van der Waals surface area contributed by atoms with Crippen LogP contribution in [0, 0.1) is 18.7 Å². The SMILES string of the molecule is Cc1cc(F)ccc1CCNC(=O)CNCC1CC1.Cl. The van der Waals surface area contributed by atoms with E-state index in [2.05, 4.69) is 10.6 Å². The highest BCUT2D eigenvalue weighted by Gasteiger charge is 2.20. The first-order valence-electron chi connectivity index (χ1n) is 6.87. The summed E-state index contributed by atoms with van der Waals surface area (Å²) >= 11 is 0. The largest absolute Gasteiger partial charge is 0.355 e. The van der Waals surface area contributed by atoms with Crippen molar-refractivity contribution >= 4 is 18.3 Å². The Bertz CT molecular complexity index is 449. The molecule has 1 saturated carbocycles. The van der Waals surface area contributed by atoms with Crippen molar-refractivity contribution < 1.29 is 9.18 Å². The Kier molecular flexibility index (Phi) is 6.96. The highest BCUT2D eigenvalue weighted by atomic mass is 35.5. The van der Waals surface area contributed by atoms with Gasteiger partial charge in [0.15, 0.2) is 0 Å². The molecule has 0 spiro atoms. The van der Waals surface area contributed by atoms with Crippen molar-refractivity contribution in [2.24, 2.45) is 5.92 Å². The zero-order valence-corrected chi connectivity index (χ0v) is 12.6. The van der Waals surface area contributed by atoms with Crippen LogP contribution in [0.4, 0.5) is 4.39 Å². The van der Waals surface area contributed by atoms with Crippen LogP contribution in [-0.4, -0.2) is 25.5 Å². The molecule has 20 heavy (non-hydrogen) atoms. The summed E-state index contributed by atoms with van der Waals surface area (Å²) in [5.74, 6) is 0.602. The topological polar surface area (TPSA) is 41.1 Å². The van der Waals surface area contributed by atoms with E-state index in [4.69, 9.17) is 0 Å². The molecule has 1 fully saturated rings. The van der Waals surface area contributed by atoms with E-state index in [0.717, 1.165) is 30.0 Å². The predicted octanol–water partition coefficient (Wildman–Crippen LogP) is 2.21. The molecule has 0 heterocycles. The van der Waals surface area contributed by atoms with Gasteiger partial charge in [-0.1, -0.05) is 6.07 Å². The Balaban J connectivity index is 0.00000200. The molecule has 0 radical (unpaired) electrons. The van der Waals surface area contributed by atoms with Gasteiger partial charge in [-0.2, -0.15) is 0 Å². The first-order chi connectivity index (χ1) is 9.15. The van der Waals surface area contributed by atoms with E-state index in [0.29, 0.717) is 13.1 Å². The maximum absolute atomic E-state index is 12.9. The zero-order valence-electron chi connectivity index (χ0n) is 11.7. The number of amides is 1. The second-order valence-electron chi connectivity index (χ2n) is 5.25. The summed E-state index contributed by atoms with van der Waals surface area (Å²) in [6.07, 6.45) is 3.32. The number of hydrogen-bond donors (Lipinski definition) is 2. The normalized spacial score (nSPS) is 13.7. The molecule has 1 aromatic rings. The molecular weight excluding hydrogens is 279 g/mol. The van der Waals surface area contributed by atoms with E-state index in [-0.39, 0.29) is 24.1 Å². The zero-order chi connectivity index (χ0) is 13.7. The first-order valence-corrected chi connectivity index (χ1v) is 6.87. The molecule has 2 N–H and O–H groups in total. The molecule has 2 rings (SSSR count). The van der Waals surface area contributed by atoms with Gasteiger partial charge < -0.3 is 10.6 Å². The summed E-state index contributed by atoms with van der Waals surface area (Å²) in [4.78, 5) is 11.5. The molecule has 0 bridgehead atoms. The van der Waals surface area contributed by atoms with Gasteiger partial charge in [-0.15, -0.1) is 12.4 Å². The highest BCUT2D eigenvalue weighted by molar-refractivity contribution is 5.85. The fourth-order valence-electron chi connectivity index (χ4n) is 2.05. The van der Waals surface area contributed by atoms with Crippen LogP contribution < -0.4 is 10.6 Å². The van der Waals surface area contributed by atoms with E-state index < -0.39 is 0 Å². The van der Waals surface area contributed by atoms with Crippen molar-refractivity contribution in [2.75, 3.05) is 19.6 Å². The average molecular weight is 301 g/mol. The van der Waals surface area contributed by atoms with E-state index in [1.807, 2.05) is 6.92 Å². The molecular formula is C15H22ClFN2O. The first kappa shape index (κ1) is 16.9. The van der Waals surface area contributed by atoms with Crippen LogP contribution in [0.2, 0.25) is 0 Å². The molecule has 0 unspecified atom stereocenters. The molecule has 0 saturated heterocycles. The van der Waals surface area contributed by atoms with Gasteiger partial charge in [0.25, 0.3) is 0 Å². The van der Waals surface area contributed by atoms with Crippen LogP contribution in [0.3, 0.4) is 0 Å². The van der Waals surface area contributed by atoms with Crippen molar-refractivity contribution in [3.63, 3.8) is 0 Å². The summed E-state index contributed by atoms with van der Waals surface area (Å²) in [6, 6.07) is 4.76. The number of carbonyl (C=O) groups is 1. The van der Waals surface area contributed by atoms with Gasteiger partial charge in [0.2, 0.25) is 5.91 Å². The second kappa shape index (κ2) is 8.22. The summed E-state index contributed by atoms with van der Waals surface area (Å²) in [5.41, 5.74) is 2.01. The molecule has 3 nitrogen and oxygen atoms in total. The fraction of sp³-hybridized carbons (Fsp3) is 0.533. The number of hydrogen-bond acceptors (Lipinski definition) is 2. The minimum Gasteiger partial charge on any atom is -0.355 e. The van der Waals surface area contributed by atoms with Crippen molar-refractivity contribution in [1.82, 2.24) is 10.6 Å². The maximum Gasteiger partial charge on any atom is 0.233 e. The van der Waals surface area contributed by atoms with Crippen molar-refractivity contribution in [1.29, 1.82) is 0 Å². The Morgan fingerprint density at radius 1 is 1.40 bits per heavy atom. The van der Waals surface area contributed by atoms with Crippen LogP contribution in [-0.2, 0) is 11.2 Å². The van der Waals surface area contributed by atoms with Gasteiger partial charge in [0, 0.05) is 6.54 Å². The Morgan fingerprint density at radius 3 is 2.80 bits per heavy atom. The van der Waals surface area contributed by atoms with Crippen LogP contribution in [0.1, 0.15) is 24.0 Å². The van der Waals surface area contributed by atoms with E-state index >= 15 is 0 Å². The third-order valence-electron chi connectivity index (χ3n) is 3.44. The van der Waals surface area contributed by atoms with Crippen molar-refractivity contribution in [3.05, 3.63) is 35.1 Å². The minimum atomic E-state index is -0.213. The molecule has 1 aliphatic rings. The standard InChI is InChI=1S/C15H21FN2O.ClH/c1-11-8-14(16)5-4-13(11)6-7-18-15(19)10-17-9-12-2-3-12;/h4-5,8,12,17H,2-3,6-7,9-10H2,1H3,(H,18,19);1H. The van der Waals surface area contributed by atoms with Gasteiger partial charge in [0.05, 0.1) is 6.54 Å². The number of benzene rings is 1. The molecule has 1 aliphatic carbocycles. The number of halogens is 2. The van der Waals surface area contributed by atoms with E-state index in [1.54, 1.807) is 6.07 Å². The smallest absolute Gasteiger partial charge is 0.233 e. The monoisotopic (exact) mass is 300 g/mol. The Labute approximate surface area is 125 Å². The molecule has 5 heteroatoms. The predicted molar refractivity (Wildman–Crippen MR) is 80.7 cm³/mol. The molecule has 1 aromatic carbocycles. The molecule has 0 aliphatic heterocycles. The third-order valence-corrected chi connectivity index (χ3v) is 3.44. The molecule has 0 atom stereocenters. The van der Waals surface area contributed by atoms with Crippen LogP contribution in [0.25, 0.3) is 0 Å². The number of nitrogens with one attached hydrogen (secondary N) is 2. The van der Waals surface area contributed by atoms with Gasteiger partial charge >= 0.3 is 0 Å². The van der Waals surface area contributed by atoms with Crippen LogP contribution in [0.15, 0.2) is 18.2 Å². The lowest BCUT2D eigenvalue weighted by Crippen LogP contribution is -2.35. The Morgan fingerprint density at radius 2 is 2.15 bits per heavy atom. The number of aryl methyl sites for hydroxylation is 1. The lowest BCUT2D eigenvalue weighted by atomic mass is 10.1. The Hall–Kier alpha value is -1.13. The summed E-state index contributed by atoms with van der Waals surface area (Å²) < 4.78 is 12.9. The van der Waals surface area contributed by atoms with E-state index in [1.165, 1.54) is 25.0 Å². The maximum atomic E-state index is 12.9. The van der Waals surface area contributed by atoms with Gasteiger partial charge in [-0.25, -0.2) is 4.39 Å². The quantitative estimate of drug-likeness (QED) is 0.811. The van der Waals surface area contributed by atoms with Gasteiger partial charge in [-0.05, 0) is 61.9 Å². The van der Waals surface area contributed by atoms with Crippen LogP contribution >= 0.6 is 12.4 Å². The summed E-state index contributed by atoms with van der Waals surface area (Å²) in [5, 5.41) is 6.02. The van der Waals surface area contributed by atoms with E-state index in [9.17, 15) is 9.18 Å². The average Bonchev–Trinajstić information content (AvgIpc) is 3.16. The van der Waals surface area contributed by atoms with Crippen LogP contribution in [0.5, 0.6) is 0 Å². The summed E-state index contributed by atoms with van der Waals surface area (Å²) in [7, 11) is 0. The molecule has 112 valence electrons. The third kappa shape index (κ3) is 5.88. The van der Waals surface area contributed by atoms with Gasteiger partial charge in [0.1, 0.15) is 5.82 Å².